The zero-order chi connectivity index (χ0) is 15.6. The van der Waals surface area contributed by atoms with E-state index in [1.807, 2.05) is 0 Å². The van der Waals surface area contributed by atoms with Gasteiger partial charge in [0.1, 0.15) is 0 Å². The minimum atomic E-state index is -0.424. The number of aliphatic imine (C=N–C) groups is 1. The highest BCUT2D eigenvalue weighted by molar-refractivity contribution is 9.10. The van der Waals surface area contributed by atoms with E-state index in [0.29, 0.717) is 14.9 Å². The van der Waals surface area contributed by atoms with Gasteiger partial charge in [0.05, 0.1) is 16.5 Å². The van der Waals surface area contributed by atoms with Crippen LogP contribution in [-0.2, 0) is 9.59 Å². The molecule has 2 rings (SSSR count). The van der Waals surface area contributed by atoms with Crippen LogP contribution in [0.25, 0.3) is 6.08 Å². The zero-order valence-electron chi connectivity index (χ0n) is 11.1. The lowest BCUT2D eigenvalue weighted by molar-refractivity contribution is -0.117. The molecule has 0 saturated heterocycles. The van der Waals surface area contributed by atoms with E-state index >= 15 is 0 Å². The van der Waals surface area contributed by atoms with Crippen LogP contribution in [0, 0.1) is 0 Å². The first-order valence-electron chi connectivity index (χ1n) is 5.77. The molecule has 6 nitrogen and oxygen atoms in total. The van der Waals surface area contributed by atoms with Crippen LogP contribution < -0.4 is 10.1 Å². The highest BCUT2D eigenvalue weighted by atomic mass is 79.9. The maximum Gasteiger partial charge on any atom is 0.286 e. The van der Waals surface area contributed by atoms with Gasteiger partial charge in [-0.05, 0) is 51.5 Å². The first kappa shape index (κ1) is 15.6. The fourth-order valence-electron chi connectivity index (χ4n) is 1.60. The number of hydrogen-bond donors (Lipinski definition) is 2. The first-order valence-corrected chi connectivity index (χ1v) is 7.38. The summed E-state index contributed by atoms with van der Waals surface area (Å²) in [4.78, 5) is 26.8. The Morgan fingerprint density at radius 2 is 2.24 bits per heavy atom. The van der Waals surface area contributed by atoms with Crippen molar-refractivity contribution < 1.29 is 19.4 Å². The van der Waals surface area contributed by atoms with Crippen molar-refractivity contribution in [2.75, 3.05) is 7.11 Å². The molecule has 0 fully saturated rings. The molecule has 0 radical (unpaired) electrons. The quantitative estimate of drug-likeness (QED) is 0.779. The number of carbonyl (C=O) groups excluding carboxylic acids is 2. The fraction of sp³-hybridized carbons (Fsp3) is 0.154. The van der Waals surface area contributed by atoms with Crippen molar-refractivity contribution >= 4 is 50.7 Å². The molecule has 21 heavy (non-hydrogen) atoms. The Bertz CT molecular complexity index is 685. The number of amides is 2. The average Bonchev–Trinajstić information content (AvgIpc) is 2.72. The highest BCUT2D eigenvalue weighted by Crippen LogP contribution is 2.37. The third kappa shape index (κ3) is 3.64. The number of nitrogens with one attached hydrogen (secondary N) is 1. The summed E-state index contributed by atoms with van der Waals surface area (Å²) >= 11 is 4.29. The molecule has 8 heteroatoms. The molecule has 1 aromatic rings. The van der Waals surface area contributed by atoms with Crippen LogP contribution >= 0.6 is 27.7 Å². The van der Waals surface area contributed by atoms with Gasteiger partial charge in [-0.3, -0.25) is 9.59 Å². The van der Waals surface area contributed by atoms with Gasteiger partial charge in [0.2, 0.25) is 5.91 Å². The van der Waals surface area contributed by atoms with Gasteiger partial charge in [-0.2, -0.15) is 4.99 Å². The van der Waals surface area contributed by atoms with Gasteiger partial charge in [0.25, 0.3) is 5.91 Å². The molecule has 1 aliphatic rings. The summed E-state index contributed by atoms with van der Waals surface area (Å²) in [7, 11) is 1.44. The normalized spacial score (nSPS) is 16.0. The minimum absolute atomic E-state index is 0.0137. The van der Waals surface area contributed by atoms with Crippen LogP contribution in [0.2, 0.25) is 0 Å². The molecule has 1 heterocycles. The number of amidine groups is 1. The Kier molecular flexibility index (Phi) is 4.69. The molecule has 0 aliphatic carbocycles. The van der Waals surface area contributed by atoms with Gasteiger partial charge in [-0.15, -0.1) is 0 Å². The van der Waals surface area contributed by atoms with Crippen LogP contribution in [0.5, 0.6) is 11.5 Å². The van der Waals surface area contributed by atoms with Crippen molar-refractivity contribution in [3.05, 3.63) is 27.1 Å². The Morgan fingerprint density at radius 3 is 2.86 bits per heavy atom. The molecular formula is C13H11BrN2O4S. The lowest BCUT2D eigenvalue weighted by Gasteiger charge is -2.07. The predicted molar refractivity (Wildman–Crippen MR) is 84.2 cm³/mol. The van der Waals surface area contributed by atoms with Gasteiger partial charge >= 0.3 is 0 Å². The van der Waals surface area contributed by atoms with Crippen LogP contribution in [0.3, 0.4) is 0 Å². The fourth-order valence-corrected chi connectivity index (χ4v) is 2.92. The topological polar surface area (TPSA) is 88.0 Å². The predicted octanol–water partition coefficient (Wildman–Crippen LogP) is 2.27. The molecule has 0 atom stereocenters. The zero-order valence-corrected chi connectivity index (χ0v) is 13.5. The molecule has 2 N–H and O–H groups in total. The van der Waals surface area contributed by atoms with Crippen LogP contribution in [-0.4, -0.2) is 29.2 Å². The molecule has 0 bridgehead atoms. The third-order valence-corrected chi connectivity index (χ3v) is 3.98. The molecular weight excluding hydrogens is 360 g/mol. The number of thioether (sulfide) groups is 1. The van der Waals surface area contributed by atoms with Crippen molar-refractivity contribution in [2.45, 2.75) is 6.92 Å². The lowest BCUT2D eigenvalue weighted by Crippen LogP contribution is -2.23. The maximum atomic E-state index is 11.8. The molecule has 0 unspecified atom stereocenters. The Labute approximate surface area is 133 Å². The number of phenols is 1. The van der Waals surface area contributed by atoms with Crippen molar-refractivity contribution in [1.82, 2.24) is 5.32 Å². The maximum absolute atomic E-state index is 11.8. The second kappa shape index (κ2) is 6.31. The second-order valence-corrected chi connectivity index (χ2v) is 5.95. The van der Waals surface area contributed by atoms with E-state index in [1.54, 1.807) is 18.2 Å². The molecule has 1 aliphatic heterocycles. The molecule has 1 aromatic carbocycles. The third-order valence-electron chi connectivity index (χ3n) is 2.47. The van der Waals surface area contributed by atoms with Crippen LogP contribution in [0.15, 0.2) is 26.5 Å². The average molecular weight is 371 g/mol. The number of nitrogens with zero attached hydrogens (tertiary/aromatic N) is 1. The van der Waals surface area contributed by atoms with Gasteiger partial charge < -0.3 is 15.2 Å². The minimum Gasteiger partial charge on any atom is -0.503 e. The smallest absolute Gasteiger partial charge is 0.286 e. The van der Waals surface area contributed by atoms with Crippen LogP contribution in [0.1, 0.15) is 12.5 Å². The molecule has 110 valence electrons. The Hall–Kier alpha value is -1.80. The SMILES string of the molecule is COc1cc(/C=C2\SC(NC(C)=O)=NC2=O)cc(Br)c1O. The summed E-state index contributed by atoms with van der Waals surface area (Å²) in [5, 5.41) is 12.5. The van der Waals surface area contributed by atoms with Gasteiger partial charge in [-0.1, -0.05) is 0 Å². The summed E-state index contributed by atoms with van der Waals surface area (Å²) in [5.74, 6) is -0.439. The standard InChI is InChI=1S/C13H11BrN2O4S/c1-6(17)15-13-16-12(19)10(21-13)5-7-3-8(14)11(18)9(4-7)20-2/h3-5,18H,1-2H3,(H,15,16,17,19)/b10-5-. The monoisotopic (exact) mass is 370 g/mol. The number of carbonyl (C=O) groups is 2. The summed E-state index contributed by atoms with van der Waals surface area (Å²) in [6, 6.07) is 3.24. The number of benzene rings is 1. The molecule has 0 aromatic heterocycles. The largest absolute Gasteiger partial charge is 0.503 e. The van der Waals surface area contributed by atoms with Gasteiger partial charge in [-0.25, -0.2) is 0 Å². The Morgan fingerprint density at radius 1 is 1.52 bits per heavy atom. The van der Waals surface area contributed by atoms with Crippen molar-refractivity contribution in [3.63, 3.8) is 0 Å². The summed E-state index contributed by atoms with van der Waals surface area (Å²) in [6.07, 6.45) is 1.61. The van der Waals surface area contributed by atoms with E-state index in [4.69, 9.17) is 4.74 Å². The number of ether oxygens (including phenoxy) is 1. The summed E-state index contributed by atoms with van der Waals surface area (Å²) < 4.78 is 5.50. The number of hydrogen-bond acceptors (Lipinski definition) is 5. The molecule has 0 saturated carbocycles. The number of methoxy groups -OCH3 is 1. The van der Waals surface area contributed by atoms with Gasteiger partial charge in [0, 0.05) is 6.92 Å². The number of phenolic OH excluding ortho intramolecular Hbond substituents is 1. The van der Waals surface area contributed by atoms with Crippen molar-refractivity contribution in [1.29, 1.82) is 0 Å². The lowest BCUT2D eigenvalue weighted by atomic mass is 10.2. The van der Waals surface area contributed by atoms with Crippen molar-refractivity contribution in [2.24, 2.45) is 4.99 Å². The van der Waals surface area contributed by atoms with E-state index < -0.39 is 5.91 Å². The number of aromatic hydroxyl groups is 1. The Balaban J connectivity index is 2.28. The van der Waals surface area contributed by atoms with E-state index in [2.05, 4.69) is 26.2 Å². The highest BCUT2D eigenvalue weighted by Gasteiger charge is 2.22. The molecule has 0 spiro atoms. The van der Waals surface area contributed by atoms with E-state index in [-0.39, 0.29) is 22.6 Å². The van der Waals surface area contributed by atoms with Crippen LogP contribution in [0.4, 0.5) is 0 Å². The number of rotatable bonds is 2. The van der Waals surface area contributed by atoms with E-state index in [0.717, 1.165) is 11.8 Å². The molecule has 2 amide bonds. The van der Waals surface area contributed by atoms with E-state index in [9.17, 15) is 14.7 Å². The number of halogens is 1. The van der Waals surface area contributed by atoms with Gasteiger partial charge in [0.15, 0.2) is 16.7 Å². The van der Waals surface area contributed by atoms with E-state index in [1.165, 1.54) is 14.0 Å². The second-order valence-electron chi connectivity index (χ2n) is 4.07. The van der Waals surface area contributed by atoms with Crippen molar-refractivity contribution in [3.8, 4) is 11.5 Å². The summed E-state index contributed by atoms with van der Waals surface area (Å²) in [6.45, 7) is 1.34. The summed E-state index contributed by atoms with van der Waals surface area (Å²) in [5.41, 5.74) is 0.659. The first-order chi connectivity index (χ1) is 9.90.